The predicted molar refractivity (Wildman–Crippen MR) is 58.9 cm³/mol. The zero-order valence-corrected chi connectivity index (χ0v) is 9.36. The van der Waals surface area contributed by atoms with E-state index in [2.05, 4.69) is 12.2 Å². The van der Waals surface area contributed by atoms with Crippen LogP contribution in [-0.4, -0.2) is 18.9 Å². The molecule has 0 bridgehead atoms. The van der Waals surface area contributed by atoms with Crippen molar-refractivity contribution in [1.29, 1.82) is 0 Å². The fourth-order valence-electron chi connectivity index (χ4n) is 1.95. The van der Waals surface area contributed by atoms with E-state index in [1.54, 1.807) is 11.3 Å². The molecule has 1 aliphatic rings. The average Bonchev–Trinajstić information content (AvgIpc) is 2.73. The quantitative estimate of drug-likeness (QED) is 0.756. The lowest BCUT2D eigenvalue weighted by Crippen LogP contribution is -2.21. The first kappa shape index (κ1) is 9.87. The van der Waals surface area contributed by atoms with Gasteiger partial charge in [0.1, 0.15) is 0 Å². The Morgan fingerprint density at radius 1 is 1.57 bits per heavy atom. The number of carbonyl (C=O) groups is 1. The lowest BCUT2D eigenvalue weighted by Gasteiger charge is -2.11. The van der Waals surface area contributed by atoms with Crippen LogP contribution in [0.25, 0.3) is 0 Å². The third-order valence-electron chi connectivity index (χ3n) is 2.94. The molecule has 3 heteroatoms. The second-order valence-corrected chi connectivity index (χ2v) is 4.96. The Hall–Kier alpha value is -0.670. The Morgan fingerprint density at radius 3 is 2.86 bits per heavy atom. The van der Waals surface area contributed by atoms with Crippen LogP contribution in [0.4, 0.5) is 0 Å². The smallest absolute Gasteiger partial charge is 0.177 e. The topological polar surface area (TPSA) is 29.1 Å². The SMILES string of the molecule is Cc1ccsc1C(=O)C1CNCC1C. The number of ketones is 1. The van der Waals surface area contributed by atoms with E-state index in [0.29, 0.717) is 11.7 Å². The fraction of sp³-hybridized carbons (Fsp3) is 0.545. The number of carbonyl (C=O) groups excluding carboxylic acids is 1. The molecule has 1 N–H and O–H groups in total. The molecule has 2 rings (SSSR count). The van der Waals surface area contributed by atoms with Gasteiger partial charge in [0.25, 0.3) is 0 Å². The zero-order valence-electron chi connectivity index (χ0n) is 8.54. The van der Waals surface area contributed by atoms with E-state index in [9.17, 15) is 4.79 Å². The van der Waals surface area contributed by atoms with E-state index in [1.807, 2.05) is 18.4 Å². The van der Waals surface area contributed by atoms with Crippen LogP contribution in [-0.2, 0) is 0 Å². The summed E-state index contributed by atoms with van der Waals surface area (Å²) in [5.74, 6) is 0.992. The van der Waals surface area contributed by atoms with Crippen LogP contribution in [0.2, 0.25) is 0 Å². The molecule has 2 unspecified atom stereocenters. The van der Waals surface area contributed by atoms with Gasteiger partial charge in [0.2, 0.25) is 0 Å². The summed E-state index contributed by atoms with van der Waals surface area (Å²) >= 11 is 1.57. The lowest BCUT2D eigenvalue weighted by atomic mass is 9.92. The molecule has 1 aliphatic heterocycles. The van der Waals surface area contributed by atoms with Gasteiger partial charge in [0.05, 0.1) is 4.88 Å². The van der Waals surface area contributed by atoms with Crippen molar-refractivity contribution < 1.29 is 4.79 Å². The van der Waals surface area contributed by atoms with E-state index in [0.717, 1.165) is 23.5 Å². The van der Waals surface area contributed by atoms with Gasteiger partial charge in [0.15, 0.2) is 5.78 Å². The van der Waals surface area contributed by atoms with Gasteiger partial charge in [-0.2, -0.15) is 0 Å². The summed E-state index contributed by atoms with van der Waals surface area (Å²) in [6.45, 7) is 5.97. The van der Waals surface area contributed by atoms with Crippen molar-refractivity contribution in [3.05, 3.63) is 21.9 Å². The predicted octanol–water partition coefficient (Wildman–Crippen LogP) is 2.09. The van der Waals surface area contributed by atoms with E-state index >= 15 is 0 Å². The molecular formula is C11H15NOS. The third kappa shape index (κ3) is 1.62. The minimum Gasteiger partial charge on any atom is -0.316 e. The standard InChI is InChI=1S/C11H15NOS/c1-7-3-4-14-11(7)10(13)9-6-12-5-8(9)2/h3-4,8-9,12H,5-6H2,1-2H3. The van der Waals surface area contributed by atoms with Crippen LogP contribution in [0.3, 0.4) is 0 Å². The number of hydrogen-bond acceptors (Lipinski definition) is 3. The van der Waals surface area contributed by atoms with Gasteiger partial charge in [0, 0.05) is 12.5 Å². The minimum atomic E-state index is 0.187. The molecule has 2 heterocycles. The molecule has 0 aromatic carbocycles. The van der Waals surface area contributed by atoms with Crippen molar-refractivity contribution in [3.63, 3.8) is 0 Å². The maximum Gasteiger partial charge on any atom is 0.177 e. The van der Waals surface area contributed by atoms with Gasteiger partial charge in [-0.3, -0.25) is 4.79 Å². The second-order valence-electron chi connectivity index (χ2n) is 4.04. The summed E-state index contributed by atoms with van der Waals surface area (Å²) in [6.07, 6.45) is 0. The Labute approximate surface area is 88.3 Å². The number of hydrogen-bond donors (Lipinski definition) is 1. The third-order valence-corrected chi connectivity index (χ3v) is 3.97. The fourth-order valence-corrected chi connectivity index (χ4v) is 2.88. The molecule has 0 saturated carbocycles. The van der Waals surface area contributed by atoms with Crippen LogP contribution in [0.15, 0.2) is 11.4 Å². The highest BCUT2D eigenvalue weighted by Gasteiger charge is 2.31. The zero-order chi connectivity index (χ0) is 10.1. The summed E-state index contributed by atoms with van der Waals surface area (Å²) in [6, 6.07) is 2.02. The summed E-state index contributed by atoms with van der Waals surface area (Å²) in [5.41, 5.74) is 1.12. The van der Waals surface area contributed by atoms with Crippen molar-refractivity contribution in [3.8, 4) is 0 Å². The number of thiophene rings is 1. The number of rotatable bonds is 2. The summed E-state index contributed by atoms with van der Waals surface area (Å²) in [7, 11) is 0. The largest absolute Gasteiger partial charge is 0.316 e. The first-order valence-corrected chi connectivity index (χ1v) is 5.87. The van der Waals surface area contributed by atoms with E-state index in [-0.39, 0.29) is 5.92 Å². The molecule has 0 aliphatic carbocycles. The van der Waals surface area contributed by atoms with Crippen molar-refractivity contribution >= 4 is 17.1 Å². The van der Waals surface area contributed by atoms with Gasteiger partial charge < -0.3 is 5.32 Å². The molecule has 0 radical (unpaired) electrons. The normalized spacial score (nSPS) is 26.7. The first-order chi connectivity index (χ1) is 6.70. The first-order valence-electron chi connectivity index (χ1n) is 4.99. The maximum absolute atomic E-state index is 12.1. The van der Waals surface area contributed by atoms with Crippen molar-refractivity contribution in [2.24, 2.45) is 11.8 Å². The molecular weight excluding hydrogens is 194 g/mol. The van der Waals surface area contributed by atoms with E-state index in [1.165, 1.54) is 0 Å². The van der Waals surface area contributed by atoms with Gasteiger partial charge in [-0.15, -0.1) is 11.3 Å². The number of Topliss-reactive ketones (excluding diaryl/α,β-unsaturated/α-hetero) is 1. The van der Waals surface area contributed by atoms with Gasteiger partial charge >= 0.3 is 0 Å². The highest BCUT2D eigenvalue weighted by Crippen LogP contribution is 2.25. The van der Waals surface area contributed by atoms with Crippen molar-refractivity contribution in [1.82, 2.24) is 5.32 Å². The van der Waals surface area contributed by atoms with Crippen LogP contribution in [0, 0.1) is 18.8 Å². The van der Waals surface area contributed by atoms with Gasteiger partial charge in [-0.25, -0.2) is 0 Å². The Morgan fingerprint density at radius 2 is 2.36 bits per heavy atom. The Bertz CT molecular complexity index is 345. The van der Waals surface area contributed by atoms with Crippen LogP contribution in [0.1, 0.15) is 22.2 Å². The Balaban J connectivity index is 2.20. The lowest BCUT2D eigenvalue weighted by molar-refractivity contribution is 0.0911. The molecule has 76 valence electrons. The molecule has 2 atom stereocenters. The van der Waals surface area contributed by atoms with E-state index in [4.69, 9.17) is 0 Å². The monoisotopic (exact) mass is 209 g/mol. The van der Waals surface area contributed by atoms with Gasteiger partial charge in [-0.05, 0) is 36.4 Å². The summed E-state index contributed by atoms with van der Waals surface area (Å²) in [4.78, 5) is 13.1. The molecule has 1 aromatic rings. The van der Waals surface area contributed by atoms with Crippen molar-refractivity contribution in [2.45, 2.75) is 13.8 Å². The van der Waals surface area contributed by atoms with E-state index < -0.39 is 0 Å². The molecule has 1 fully saturated rings. The molecule has 14 heavy (non-hydrogen) atoms. The number of aryl methyl sites for hydroxylation is 1. The van der Waals surface area contributed by atoms with Crippen molar-refractivity contribution in [2.75, 3.05) is 13.1 Å². The molecule has 0 amide bonds. The van der Waals surface area contributed by atoms with Crippen LogP contribution in [0.5, 0.6) is 0 Å². The molecule has 0 spiro atoms. The maximum atomic E-state index is 12.1. The highest BCUT2D eigenvalue weighted by atomic mass is 32.1. The average molecular weight is 209 g/mol. The summed E-state index contributed by atoms with van der Waals surface area (Å²) < 4.78 is 0. The molecule has 1 aromatic heterocycles. The number of nitrogens with one attached hydrogen (secondary N) is 1. The highest BCUT2D eigenvalue weighted by molar-refractivity contribution is 7.12. The Kier molecular flexibility index (Phi) is 2.70. The molecule has 1 saturated heterocycles. The second kappa shape index (κ2) is 3.83. The van der Waals surface area contributed by atoms with Crippen LogP contribution >= 0.6 is 11.3 Å². The minimum absolute atomic E-state index is 0.187. The summed E-state index contributed by atoms with van der Waals surface area (Å²) in [5, 5.41) is 5.26. The molecule has 2 nitrogen and oxygen atoms in total. The van der Waals surface area contributed by atoms with Crippen LogP contribution < -0.4 is 5.32 Å². The van der Waals surface area contributed by atoms with Gasteiger partial charge in [-0.1, -0.05) is 6.92 Å².